The first-order valence-electron chi connectivity index (χ1n) is 5.83. The Morgan fingerprint density at radius 1 is 1.37 bits per heavy atom. The maximum Gasteiger partial charge on any atom is 0.253 e. The Morgan fingerprint density at radius 3 is 2.74 bits per heavy atom. The van der Waals surface area contributed by atoms with Crippen LogP contribution in [-0.2, 0) is 0 Å². The van der Waals surface area contributed by atoms with E-state index >= 15 is 0 Å². The van der Waals surface area contributed by atoms with Crippen molar-refractivity contribution in [3.63, 3.8) is 0 Å². The van der Waals surface area contributed by atoms with Gasteiger partial charge in [0.2, 0.25) is 0 Å². The number of phenolic OH excluding ortho intramolecular Hbond substituents is 1. The first-order valence-corrected chi connectivity index (χ1v) is 7.02. The zero-order valence-corrected chi connectivity index (χ0v) is 12.2. The molecule has 1 amide bonds. The van der Waals surface area contributed by atoms with Gasteiger partial charge in [-0.15, -0.1) is 11.3 Å². The predicted molar refractivity (Wildman–Crippen MR) is 78.1 cm³/mol. The minimum absolute atomic E-state index is 0.0224. The van der Waals surface area contributed by atoms with E-state index in [0.29, 0.717) is 5.02 Å². The molecule has 0 radical (unpaired) electrons. The highest BCUT2D eigenvalue weighted by atomic mass is 35.5. The molecule has 2 rings (SSSR count). The monoisotopic (exact) mass is 295 g/mol. The van der Waals surface area contributed by atoms with Gasteiger partial charge in [-0.05, 0) is 44.2 Å². The van der Waals surface area contributed by atoms with Gasteiger partial charge in [-0.3, -0.25) is 4.79 Å². The van der Waals surface area contributed by atoms with Gasteiger partial charge in [0.15, 0.2) is 0 Å². The van der Waals surface area contributed by atoms with Crippen LogP contribution in [0.4, 0.5) is 0 Å². The van der Waals surface area contributed by atoms with Crippen molar-refractivity contribution < 1.29 is 9.90 Å². The minimum atomic E-state index is -0.292. The molecular formula is C14H14ClNO2S. The smallest absolute Gasteiger partial charge is 0.253 e. The van der Waals surface area contributed by atoms with Crippen molar-refractivity contribution in [2.45, 2.75) is 19.9 Å². The van der Waals surface area contributed by atoms with E-state index in [0.717, 1.165) is 4.88 Å². The first-order chi connectivity index (χ1) is 8.97. The van der Waals surface area contributed by atoms with Crippen LogP contribution in [0.1, 0.15) is 33.1 Å². The lowest BCUT2D eigenvalue weighted by Gasteiger charge is -2.13. The molecule has 5 heteroatoms. The van der Waals surface area contributed by atoms with Crippen LogP contribution in [0, 0.1) is 6.92 Å². The van der Waals surface area contributed by atoms with E-state index in [9.17, 15) is 9.90 Å². The molecule has 100 valence electrons. The zero-order valence-electron chi connectivity index (χ0n) is 10.6. The van der Waals surface area contributed by atoms with E-state index < -0.39 is 0 Å². The summed E-state index contributed by atoms with van der Waals surface area (Å²) in [6.07, 6.45) is 0. The minimum Gasteiger partial charge on any atom is -0.508 e. The Morgan fingerprint density at radius 2 is 2.11 bits per heavy atom. The van der Waals surface area contributed by atoms with Crippen molar-refractivity contribution in [3.05, 3.63) is 50.7 Å². The number of carbonyl (C=O) groups is 1. The van der Waals surface area contributed by atoms with Gasteiger partial charge < -0.3 is 10.4 Å². The molecule has 1 atom stereocenters. The second-order valence-corrected chi connectivity index (χ2v) is 6.03. The number of carbonyl (C=O) groups excluding carboxylic acids is 1. The Labute approximate surface area is 120 Å². The highest BCUT2D eigenvalue weighted by Gasteiger charge is 2.15. The van der Waals surface area contributed by atoms with Gasteiger partial charge in [0.25, 0.3) is 5.91 Å². The van der Waals surface area contributed by atoms with Crippen molar-refractivity contribution in [3.8, 4) is 5.75 Å². The van der Waals surface area contributed by atoms with Crippen molar-refractivity contribution in [1.82, 2.24) is 5.32 Å². The number of benzene rings is 1. The van der Waals surface area contributed by atoms with Crippen LogP contribution in [0.3, 0.4) is 0 Å². The lowest BCUT2D eigenvalue weighted by molar-refractivity contribution is 0.0940. The SMILES string of the molecule is Cc1ccc(C(C)NC(=O)c2cc(O)ccc2Cl)s1. The van der Waals surface area contributed by atoms with Crippen LogP contribution in [0.2, 0.25) is 5.02 Å². The molecule has 0 spiro atoms. The van der Waals surface area contributed by atoms with E-state index in [1.54, 1.807) is 11.3 Å². The van der Waals surface area contributed by atoms with Gasteiger partial charge in [0.1, 0.15) is 5.75 Å². The number of halogens is 1. The highest BCUT2D eigenvalue weighted by Crippen LogP contribution is 2.25. The van der Waals surface area contributed by atoms with Crippen molar-refractivity contribution in [2.24, 2.45) is 0 Å². The van der Waals surface area contributed by atoms with E-state index in [1.807, 2.05) is 26.0 Å². The quantitative estimate of drug-likeness (QED) is 0.902. The Balaban J connectivity index is 2.15. The second-order valence-electron chi connectivity index (χ2n) is 4.31. The van der Waals surface area contributed by atoms with E-state index in [-0.39, 0.29) is 23.3 Å². The maximum absolute atomic E-state index is 12.1. The van der Waals surface area contributed by atoms with Gasteiger partial charge in [0.05, 0.1) is 16.6 Å². The number of rotatable bonds is 3. The van der Waals surface area contributed by atoms with Crippen LogP contribution >= 0.6 is 22.9 Å². The summed E-state index contributed by atoms with van der Waals surface area (Å²) in [5, 5.41) is 12.6. The number of thiophene rings is 1. The fourth-order valence-corrected chi connectivity index (χ4v) is 2.80. The summed E-state index contributed by atoms with van der Waals surface area (Å²) < 4.78 is 0. The third-order valence-corrected chi connectivity index (χ3v) is 4.24. The second kappa shape index (κ2) is 5.63. The van der Waals surface area contributed by atoms with E-state index in [4.69, 9.17) is 11.6 Å². The molecule has 1 heterocycles. The number of aryl methyl sites for hydroxylation is 1. The molecule has 0 aliphatic carbocycles. The molecule has 2 aromatic rings. The molecule has 2 N–H and O–H groups in total. The van der Waals surface area contributed by atoms with Crippen LogP contribution in [0.15, 0.2) is 30.3 Å². The number of aromatic hydroxyl groups is 1. The summed E-state index contributed by atoms with van der Waals surface area (Å²) in [5.74, 6) is -0.270. The summed E-state index contributed by atoms with van der Waals surface area (Å²) in [4.78, 5) is 14.4. The fraction of sp³-hybridized carbons (Fsp3) is 0.214. The summed E-state index contributed by atoms with van der Waals surface area (Å²) in [5.41, 5.74) is 0.279. The van der Waals surface area contributed by atoms with Crippen LogP contribution in [0.5, 0.6) is 5.75 Å². The van der Waals surface area contributed by atoms with Crippen LogP contribution in [-0.4, -0.2) is 11.0 Å². The van der Waals surface area contributed by atoms with Gasteiger partial charge in [-0.2, -0.15) is 0 Å². The molecule has 0 aliphatic heterocycles. The van der Waals surface area contributed by atoms with Gasteiger partial charge in [-0.1, -0.05) is 11.6 Å². The number of nitrogens with one attached hydrogen (secondary N) is 1. The number of amides is 1. The van der Waals surface area contributed by atoms with E-state index in [1.165, 1.54) is 23.1 Å². The third-order valence-electron chi connectivity index (χ3n) is 2.73. The Hall–Kier alpha value is -1.52. The van der Waals surface area contributed by atoms with Gasteiger partial charge in [0, 0.05) is 9.75 Å². The maximum atomic E-state index is 12.1. The fourth-order valence-electron chi connectivity index (χ4n) is 1.72. The largest absolute Gasteiger partial charge is 0.508 e. The average Bonchev–Trinajstić information content (AvgIpc) is 2.79. The lowest BCUT2D eigenvalue weighted by atomic mass is 10.2. The third kappa shape index (κ3) is 3.28. The number of hydrogen-bond acceptors (Lipinski definition) is 3. The molecule has 3 nitrogen and oxygen atoms in total. The molecule has 19 heavy (non-hydrogen) atoms. The molecular weight excluding hydrogens is 282 g/mol. The predicted octanol–water partition coefficient (Wildman–Crippen LogP) is 3.91. The molecule has 0 aliphatic rings. The Bertz CT molecular complexity index is 609. The van der Waals surface area contributed by atoms with Crippen molar-refractivity contribution in [2.75, 3.05) is 0 Å². The summed E-state index contributed by atoms with van der Waals surface area (Å²) in [6.45, 7) is 3.94. The normalized spacial score (nSPS) is 12.2. The molecule has 0 bridgehead atoms. The molecule has 1 aromatic heterocycles. The van der Waals surface area contributed by atoms with Gasteiger partial charge >= 0.3 is 0 Å². The topological polar surface area (TPSA) is 49.3 Å². The summed E-state index contributed by atoms with van der Waals surface area (Å²) in [6, 6.07) is 8.24. The van der Waals surface area contributed by atoms with Crippen LogP contribution in [0.25, 0.3) is 0 Å². The molecule has 0 saturated heterocycles. The van der Waals surface area contributed by atoms with Crippen molar-refractivity contribution >= 4 is 28.8 Å². The molecule has 1 unspecified atom stereocenters. The first kappa shape index (κ1) is 13.9. The highest BCUT2D eigenvalue weighted by molar-refractivity contribution is 7.12. The Kier molecular flexibility index (Phi) is 4.12. The van der Waals surface area contributed by atoms with Crippen molar-refractivity contribution in [1.29, 1.82) is 0 Å². The molecule has 0 fully saturated rings. The standard InChI is InChI=1S/C14H14ClNO2S/c1-8-3-6-13(19-8)9(2)16-14(18)11-7-10(17)4-5-12(11)15/h3-7,9,17H,1-2H3,(H,16,18). The molecule has 1 aromatic carbocycles. The lowest BCUT2D eigenvalue weighted by Crippen LogP contribution is -2.26. The van der Waals surface area contributed by atoms with Crippen LogP contribution < -0.4 is 5.32 Å². The van der Waals surface area contributed by atoms with E-state index in [2.05, 4.69) is 5.32 Å². The number of phenols is 1. The number of hydrogen-bond donors (Lipinski definition) is 2. The summed E-state index contributed by atoms with van der Waals surface area (Å²) in [7, 11) is 0. The average molecular weight is 296 g/mol. The summed E-state index contributed by atoms with van der Waals surface area (Å²) >= 11 is 7.60. The molecule has 0 saturated carbocycles. The zero-order chi connectivity index (χ0) is 14.0. The van der Waals surface area contributed by atoms with Gasteiger partial charge in [-0.25, -0.2) is 0 Å².